The molecule has 0 spiro atoms. The molecule has 0 aliphatic rings. The molecular formula is C16H26N2O4S. The van der Waals surface area contributed by atoms with Gasteiger partial charge in [-0.25, -0.2) is 13.2 Å². The van der Waals surface area contributed by atoms with Crippen LogP contribution >= 0.6 is 0 Å². The van der Waals surface area contributed by atoms with Crippen LogP contribution in [-0.4, -0.2) is 57.1 Å². The summed E-state index contributed by atoms with van der Waals surface area (Å²) in [6, 6.07) is 6.76. The number of nitrogens with zero attached hydrogens (tertiary/aromatic N) is 1. The Morgan fingerprint density at radius 2 is 1.83 bits per heavy atom. The van der Waals surface area contributed by atoms with Crippen molar-refractivity contribution in [2.75, 3.05) is 25.7 Å². The van der Waals surface area contributed by atoms with Gasteiger partial charge in [0.2, 0.25) is 0 Å². The molecular weight excluding hydrogens is 316 g/mol. The lowest BCUT2D eigenvalue weighted by Crippen LogP contribution is -2.48. The van der Waals surface area contributed by atoms with Crippen LogP contribution in [0.5, 0.6) is 5.75 Å². The number of urea groups is 1. The molecule has 6 nitrogen and oxygen atoms in total. The van der Waals surface area contributed by atoms with E-state index < -0.39 is 15.9 Å². The molecule has 0 bridgehead atoms. The van der Waals surface area contributed by atoms with E-state index in [2.05, 4.69) is 5.32 Å². The predicted octanol–water partition coefficient (Wildman–Crippen LogP) is 1.84. The fraction of sp³-hybridized carbons (Fsp3) is 0.562. The normalized spacial score (nSPS) is 14.0. The Hall–Kier alpha value is -1.76. The standard InChI is InChI=1S/C16H26N2O4S/c1-12-6-8-15(9-7-12)22-10-13(2)17-16(19)18(4)14(3)11-23(5,20)21/h6-9,13-14H,10-11H2,1-5H3,(H,17,19)/t13-,14-/m1/s1. The van der Waals surface area contributed by atoms with Crippen LogP contribution in [0.4, 0.5) is 4.79 Å². The van der Waals surface area contributed by atoms with E-state index in [1.165, 1.54) is 4.90 Å². The molecule has 0 aliphatic heterocycles. The zero-order chi connectivity index (χ0) is 17.6. The van der Waals surface area contributed by atoms with Crippen molar-refractivity contribution < 1.29 is 17.9 Å². The number of hydrogen-bond donors (Lipinski definition) is 1. The van der Waals surface area contributed by atoms with Gasteiger partial charge in [-0.15, -0.1) is 0 Å². The van der Waals surface area contributed by atoms with E-state index >= 15 is 0 Å². The monoisotopic (exact) mass is 342 g/mol. The van der Waals surface area contributed by atoms with Gasteiger partial charge in [0, 0.05) is 19.3 Å². The van der Waals surface area contributed by atoms with Crippen molar-refractivity contribution in [3.63, 3.8) is 0 Å². The molecule has 1 aromatic carbocycles. The summed E-state index contributed by atoms with van der Waals surface area (Å²) in [7, 11) is -1.54. The van der Waals surface area contributed by atoms with E-state index in [4.69, 9.17) is 4.74 Å². The molecule has 0 saturated heterocycles. The van der Waals surface area contributed by atoms with E-state index in [1.54, 1.807) is 14.0 Å². The van der Waals surface area contributed by atoms with E-state index in [0.717, 1.165) is 17.6 Å². The number of carbonyl (C=O) groups excluding carboxylic acids is 1. The molecule has 0 unspecified atom stereocenters. The van der Waals surface area contributed by atoms with E-state index in [9.17, 15) is 13.2 Å². The highest BCUT2D eigenvalue weighted by molar-refractivity contribution is 7.90. The van der Waals surface area contributed by atoms with Gasteiger partial charge >= 0.3 is 6.03 Å². The van der Waals surface area contributed by atoms with Gasteiger partial charge in [-0.05, 0) is 32.9 Å². The maximum absolute atomic E-state index is 12.1. The van der Waals surface area contributed by atoms with E-state index in [-0.39, 0.29) is 17.8 Å². The third-order valence-corrected chi connectivity index (χ3v) is 4.50. The summed E-state index contributed by atoms with van der Waals surface area (Å²) in [5.41, 5.74) is 1.15. The van der Waals surface area contributed by atoms with Crippen molar-refractivity contribution in [2.45, 2.75) is 32.9 Å². The SMILES string of the molecule is Cc1ccc(OC[C@@H](C)NC(=O)N(C)[C@H](C)CS(C)(=O)=O)cc1. The second kappa shape index (κ2) is 8.19. The fourth-order valence-corrected chi connectivity index (χ4v) is 3.06. The largest absolute Gasteiger partial charge is 0.491 e. The quantitative estimate of drug-likeness (QED) is 0.820. The zero-order valence-corrected chi connectivity index (χ0v) is 15.2. The van der Waals surface area contributed by atoms with Crippen LogP contribution < -0.4 is 10.1 Å². The van der Waals surface area contributed by atoms with E-state index in [1.807, 2.05) is 38.1 Å². The molecule has 130 valence electrons. The number of sulfone groups is 1. The van der Waals surface area contributed by atoms with Crippen LogP contribution in [0.25, 0.3) is 0 Å². The van der Waals surface area contributed by atoms with Crippen molar-refractivity contribution in [1.29, 1.82) is 0 Å². The number of amides is 2. The Bertz CT molecular complexity index is 613. The van der Waals surface area contributed by atoms with Crippen LogP contribution in [0.2, 0.25) is 0 Å². The molecule has 7 heteroatoms. The first kappa shape index (κ1) is 19.3. The summed E-state index contributed by atoms with van der Waals surface area (Å²) in [5, 5.41) is 2.80. The average molecular weight is 342 g/mol. The number of carbonyl (C=O) groups is 1. The molecule has 2 atom stereocenters. The van der Waals surface area contributed by atoms with Crippen molar-refractivity contribution in [3.8, 4) is 5.75 Å². The Labute approximate surface area is 138 Å². The molecule has 0 fully saturated rings. The maximum Gasteiger partial charge on any atom is 0.317 e. The molecule has 1 aromatic rings. The first-order chi connectivity index (χ1) is 10.6. The van der Waals surface area contributed by atoms with Gasteiger partial charge in [0.1, 0.15) is 22.2 Å². The Kier molecular flexibility index (Phi) is 6.87. The molecule has 1 rings (SSSR count). The van der Waals surface area contributed by atoms with Gasteiger partial charge in [0.15, 0.2) is 0 Å². The molecule has 2 amide bonds. The summed E-state index contributed by atoms with van der Waals surface area (Å²) in [6.07, 6.45) is 1.16. The molecule has 23 heavy (non-hydrogen) atoms. The summed E-state index contributed by atoms with van der Waals surface area (Å²) < 4.78 is 28.2. The third kappa shape index (κ3) is 7.36. The Morgan fingerprint density at radius 1 is 1.26 bits per heavy atom. The molecule has 0 heterocycles. The van der Waals surface area contributed by atoms with Gasteiger partial charge < -0.3 is 15.0 Å². The minimum absolute atomic E-state index is 0.0643. The van der Waals surface area contributed by atoms with Crippen molar-refractivity contribution in [3.05, 3.63) is 29.8 Å². The summed E-state index contributed by atoms with van der Waals surface area (Å²) in [5.74, 6) is 0.682. The first-order valence-electron chi connectivity index (χ1n) is 7.49. The number of aryl methyl sites for hydroxylation is 1. The maximum atomic E-state index is 12.1. The van der Waals surface area contributed by atoms with Gasteiger partial charge in [-0.3, -0.25) is 0 Å². The minimum Gasteiger partial charge on any atom is -0.491 e. The van der Waals surface area contributed by atoms with Gasteiger partial charge in [-0.1, -0.05) is 17.7 Å². The molecule has 1 N–H and O–H groups in total. The zero-order valence-electron chi connectivity index (χ0n) is 14.4. The minimum atomic E-state index is -3.13. The predicted molar refractivity (Wildman–Crippen MR) is 91.6 cm³/mol. The average Bonchev–Trinajstić information content (AvgIpc) is 2.44. The fourth-order valence-electron chi connectivity index (χ4n) is 1.96. The Morgan fingerprint density at radius 3 is 2.35 bits per heavy atom. The molecule has 0 saturated carbocycles. The van der Waals surface area contributed by atoms with Crippen LogP contribution in [0.15, 0.2) is 24.3 Å². The number of rotatable bonds is 7. The van der Waals surface area contributed by atoms with Crippen molar-refractivity contribution in [2.24, 2.45) is 0 Å². The second-order valence-electron chi connectivity index (χ2n) is 6.03. The Balaban J connectivity index is 2.44. The van der Waals surface area contributed by atoms with Crippen LogP contribution in [0.3, 0.4) is 0 Å². The van der Waals surface area contributed by atoms with Crippen LogP contribution in [0, 0.1) is 6.92 Å². The third-order valence-electron chi connectivity index (χ3n) is 3.42. The van der Waals surface area contributed by atoms with E-state index in [0.29, 0.717) is 6.61 Å². The van der Waals surface area contributed by atoms with Gasteiger partial charge in [0.05, 0.1) is 11.8 Å². The number of nitrogens with one attached hydrogen (secondary N) is 1. The highest BCUT2D eigenvalue weighted by atomic mass is 32.2. The first-order valence-corrected chi connectivity index (χ1v) is 9.55. The topological polar surface area (TPSA) is 75.7 Å². The second-order valence-corrected chi connectivity index (χ2v) is 8.21. The number of ether oxygens (including phenoxy) is 1. The van der Waals surface area contributed by atoms with Gasteiger partial charge in [-0.2, -0.15) is 0 Å². The highest BCUT2D eigenvalue weighted by Gasteiger charge is 2.20. The van der Waals surface area contributed by atoms with Crippen molar-refractivity contribution >= 4 is 15.9 Å². The number of hydrogen-bond acceptors (Lipinski definition) is 4. The molecule has 0 aliphatic carbocycles. The van der Waals surface area contributed by atoms with Crippen LogP contribution in [-0.2, 0) is 9.84 Å². The summed E-state index contributed by atoms with van der Waals surface area (Å²) in [4.78, 5) is 13.5. The molecule has 0 radical (unpaired) electrons. The number of benzene rings is 1. The summed E-state index contributed by atoms with van der Waals surface area (Å²) in [6.45, 7) is 5.87. The summed E-state index contributed by atoms with van der Waals surface area (Å²) >= 11 is 0. The lowest BCUT2D eigenvalue weighted by Gasteiger charge is -2.26. The van der Waals surface area contributed by atoms with Crippen molar-refractivity contribution in [1.82, 2.24) is 10.2 Å². The van der Waals surface area contributed by atoms with Gasteiger partial charge in [0.25, 0.3) is 0 Å². The molecule has 0 aromatic heterocycles. The highest BCUT2D eigenvalue weighted by Crippen LogP contribution is 2.11. The smallest absolute Gasteiger partial charge is 0.317 e. The van der Waals surface area contributed by atoms with Crippen LogP contribution in [0.1, 0.15) is 19.4 Å². The lowest BCUT2D eigenvalue weighted by molar-refractivity contribution is 0.187. The lowest BCUT2D eigenvalue weighted by atomic mass is 10.2.